The molecule has 2 amide bonds. The number of rotatable bonds is 5. The summed E-state index contributed by atoms with van der Waals surface area (Å²) in [6, 6.07) is 11.2. The van der Waals surface area contributed by atoms with Gasteiger partial charge < -0.3 is 20.1 Å². The Balaban J connectivity index is 1.36. The Hall–Kier alpha value is -3.55. The lowest BCUT2D eigenvalue weighted by atomic mass is 10.1. The second-order valence-corrected chi connectivity index (χ2v) is 7.10. The summed E-state index contributed by atoms with van der Waals surface area (Å²) < 4.78 is 26.0. The number of fused-ring (bicyclic) bond motifs is 1. The van der Waals surface area contributed by atoms with Gasteiger partial charge in [-0.25, -0.2) is 13.9 Å². The molecule has 2 heterocycles. The lowest BCUT2D eigenvalue weighted by Crippen LogP contribution is -2.36. The molecule has 3 aromatic rings. The molecule has 1 unspecified atom stereocenters. The second kappa shape index (κ2) is 8.44. The van der Waals surface area contributed by atoms with Crippen molar-refractivity contribution in [3.63, 3.8) is 0 Å². The van der Waals surface area contributed by atoms with Crippen molar-refractivity contribution in [1.29, 1.82) is 0 Å². The highest BCUT2D eigenvalue weighted by atomic mass is 19.1. The summed E-state index contributed by atoms with van der Waals surface area (Å²) in [6.45, 7) is 5.23. The molecule has 2 aromatic carbocycles. The molecule has 156 valence electrons. The van der Waals surface area contributed by atoms with E-state index in [4.69, 9.17) is 9.47 Å². The summed E-state index contributed by atoms with van der Waals surface area (Å²) in [5.74, 6) is 1.11. The third kappa shape index (κ3) is 4.22. The Morgan fingerprint density at radius 3 is 2.67 bits per heavy atom. The van der Waals surface area contributed by atoms with Gasteiger partial charge in [-0.2, -0.15) is 5.10 Å². The number of amides is 2. The fourth-order valence-corrected chi connectivity index (χ4v) is 3.40. The van der Waals surface area contributed by atoms with Crippen LogP contribution in [0.3, 0.4) is 0 Å². The topological polar surface area (TPSA) is 77.4 Å². The molecule has 2 N–H and O–H groups in total. The minimum Gasteiger partial charge on any atom is -0.486 e. The predicted octanol–water partition coefficient (Wildman–Crippen LogP) is 3.65. The van der Waals surface area contributed by atoms with Crippen LogP contribution in [-0.4, -0.2) is 29.0 Å². The second-order valence-electron chi connectivity index (χ2n) is 7.10. The number of carbonyl (C=O) groups excluding carboxylic acids is 1. The number of aromatic nitrogens is 2. The minimum atomic E-state index is -0.298. The van der Waals surface area contributed by atoms with Crippen LogP contribution in [0.2, 0.25) is 0 Å². The van der Waals surface area contributed by atoms with E-state index in [2.05, 4.69) is 15.7 Å². The van der Waals surface area contributed by atoms with Gasteiger partial charge in [0, 0.05) is 17.8 Å². The Kier molecular flexibility index (Phi) is 5.56. The summed E-state index contributed by atoms with van der Waals surface area (Å²) in [5, 5.41) is 10.2. The van der Waals surface area contributed by atoms with E-state index >= 15 is 0 Å². The van der Waals surface area contributed by atoms with E-state index in [-0.39, 0.29) is 17.9 Å². The molecule has 30 heavy (non-hydrogen) atoms. The highest BCUT2D eigenvalue weighted by molar-refractivity contribution is 5.74. The molecule has 7 nitrogen and oxygen atoms in total. The largest absolute Gasteiger partial charge is 0.486 e. The van der Waals surface area contributed by atoms with Gasteiger partial charge in [0.2, 0.25) is 0 Å². The van der Waals surface area contributed by atoms with Gasteiger partial charge >= 0.3 is 6.03 Å². The predicted molar refractivity (Wildman–Crippen MR) is 109 cm³/mol. The molecule has 4 rings (SSSR count). The van der Waals surface area contributed by atoms with E-state index < -0.39 is 0 Å². The third-order valence-electron chi connectivity index (χ3n) is 4.99. The molecular weight excluding hydrogens is 387 g/mol. The Labute approximate surface area is 173 Å². The van der Waals surface area contributed by atoms with Crippen LogP contribution in [0.15, 0.2) is 48.7 Å². The van der Waals surface area contributed by atoms with Crippen LogP contribution in [0, 0.1) is 12.7 Å². The number of benzene rings is 2. The Bertz CT molecular complexity index is 1050. The van der Waals surface area contributed by atoms with E-state index in [0.29, 0.717) is 25.5 Å². The van der Waals surface area contributed by atoms with Gasteiger partial charge in [-0.3, -0.25) is 0 Å². The number of urea groups is 1. The first-order valence-electron chi connectivity index (χ1n) is 9.74. The van der Waals surface area contributed by atoms with E-state index in [0.717, 1.165) is 28.3 Å². The molecule has 0 fully saturated rings. The van der Waals surface area contributed by atoms with Gasteiger partial charge in [-0.15, -0.1) is 0 Å². The van der Waals surface area contributed by atoms with Gasteiger partial charge in [0.25, 0.3) is 0 Å². The van der Waals surface area contributed by atoms with Crippen LogP contribution >= 0.6 is 0 Å². The van der Waals surface area contributed by atoms with E-state index in [1.54, 1.807) is 23.0 Å². The summed E-state index contributed by atoms with van der Waals surface area (Å²) in [6.07, 6.45) is 1.71. The van der Waals surface area contributed by atoms with Crippen LogP contribution in [-0.2, 0) is 6.54 Å². The van der Waals surface area contributed by atoms with Crippen LogP contribution < -0.4 is 20.1 Å². The lowest BCUT2D eigenvalue weighted by Gasteiger charge is -2.19. The van der Waals surface area contributed by atoms with Gasteiger partial charge in [0.05, 0.1) is 17.9 Å². The molecule has 1 aliphatic rings. The first-order chi connectivity index (χ1) is 14.5. The van der Waals surface area contributed by atoms with Crippen LogP contribution in [0.5, 0.6) is 11.5 Å². The Morgan fingerprint density at radius 2 is 1.90 bits per heavy atom. The number of nitrogens with zero attached hydrogens (tertiary/aromatic N) is 2. The van der Waals surface area contributed by atoms with Gasteiger partial charge in [0.1, 0.15) is 19.0 Å². The molecule has 1 aliphatic heterocycles. The quantitative estimate of drug-likeness (QED) is 0.673. The maximum atomic E-state index is 13.2. The highest BCUT2D eigenvalue weighted by Crippen LogP contribution is 2.30. The number of ether oxygens (including phenoxy) is 2. The summed E-state index contributed by atoms with van der Waals surface area (Å²) in [4.78, 5) is 12.4. The standard InChI is InChI=1S/C22H23FN4O3/c1-14(19-13-25-27(15(19)2)18-6-4-17(23)5-7-18)26-22(28)24-12-16-3-8-20-21(11-16)30-10-9-29-20/h3-8,11,13-14H,9-10,12H2,1-2H3,(H2,24,26,28). The first kappa shape index (κ1) is 19.8. The van der Waals surface area contributed by atoms with Crippen molar-refractivity contribution in [2.24, 2.45) is 0 Å². The van der Waals surface area contributed by atoms with Crippen LogP contribution in [0.1, 0.15) is 29.8 Å². The molecule has 1 aromatic heterocycles. The first-order valence-corrected chi connectivity index (χ1v) is 9.74. The smallest absolute Gasteiger partial charge is 0.315 e. The number of carbonyl (C=O) groups is 1. The zero-order valence-corrected chi connectivity index (χ0v) is 16.8. The fraction of sp³-hybridized carbons (Fsp3) is 0.273. The molecule has 0 saturated heterocycles. The highest BCUT2D eigenvalue weighted by Gasteiger charge is 2.17. The SMILES string of the molecule is Cc1c(C(C)NC(=O)NCc2ccc3c(c2)OCCO3)cnn1-c1ccc(F)cc1. The molecule has 0 aliphatic carbocycles. The van der Waals surface area contributed by atoms with Gasteiger partial charge in [-0.1, -0.05) is 6.07 Å². The van der Waals surface area contributed by atoms with Crippen molar-refractivity contribution in [2.45, 2.75) is 26.4 Å². The van der Waals surface area contributed by atoms with Crippen molar-refractivity contribution in [3.05, 3.63) is 71.3 Å². The van der Waals surface area contributed by atoms with Crippen LogP contribution in [0.25, 0.3) is 5.69 Å². The number of hydrogen-bond acceptors (Lipinski definition) is 4. The average Bonchev–Trinajstić information content (AvgIpc) is 3.14. The van der Waals surface area contributed by atoms with Crippen molar-refractivity contribution >= 4 is 6.03 Å². The van der Waals surface area contributed by atoms with E-state index in [1.807, 2.05) is 32.0 Å². The van der Waals surface area contributed by atoms with Gasteiger partial charge in [-0.05, 0) is 55.8 Å². The van der Waals surface area contributed by atoms with Crippen LogP contribution in [0.4, 0.5) is 9.18 Å². The van der Waals surface area contributed by atoms with Crippen molar-refractivity contribution in [3.8, 4) is 17.2 Å². The minimum absolute atomic E-state index is 0.250. The zero-order chi connectivity index (χ0) is 21.1. The molecule has 0 bridgehead atoms. The summed E-state index contributed by atoms with van der Waals surface area (Å²) in [5.41, 5.74) is 3.44. The van der Waals surface area contributed by atoms with Crippen molar-refractivity contribution < 1.29 is 18.7 Å². The molecule has 1 atom stereocenters. The number of nitrogens with one attached hydrogen (secondary N) is 2. The molecule has 0 spiro atoms. The normalized spacial score (nSPS) is 13.6. The van der Waals surface area contributed by atoms with E-state index in [1.165, 1.54) is 12.1 Å². The summed E-state index contributed by atoms with van der Waals surface area (Å²) in [7, 11) is 0. The van der Waals surface area contributed by atoms with E-state index in [9.17, 15) is 9.18 Å². The van der Waals surface area contributed by atoms with Crippen molar-refractivity contribution in [1.82, 2.24) is 20.4 Å². The monoisotopic (exact) mass is 410 g/mol. The Morgan fingerprint density at radius 1 is 1.17 bits per heavy atom. The summed E-state index contributed by atoms with van der Waals surface area (Å²) >= 11 is 0. The van der Waals surface area contributed by atoms with Crippen molar-refractivity contribution in [2.75, 3.05) is 13.2 Å². The molecule has 0 radical (unpaired) electrons. The fourth-order valence-electron chi connectivity index (χ4n) is 3.40. The maximum Gasteiger partial charge on any atom is 0.315 e. The number of halogens is 1. The molecular formula is C22H23FN4O3. The van der Waals surface area contributed by atoms with Gasteiger partial charge in [0.15, 0.2) is 11.5 Å². The number of hydrogen-bond donors (Lipinski definition) is 2. The molecule has 0 saturated carbocycles. The average molecular weight is 410 g/mol. The zero-order valence-electron chi connectivity index (χ0n) is 16.8. The lowest BCUT2D eigenvalue weighted by molar-refractivity contribution is 0.171. The maximum absolute atomic E-state index is 13.2. The third-order valence-corrected chi connectivity index (χ3v) is 4.99. The molecule has 8 heteroatoms.